The third-order valence-electron chi connectivity index (χ3n) is 17.1. The minimum absolute atomic E-state index is 0.00612. The number of hydrogen-bond donors (Lipinski definition) is 27. The van der Waals surface area contributed by atoms with Gasteiger partial charge in [-0.25, -0.2) is 14.8 Å². The summed E-state index contributed by atoms with van der Waals surface area (Å²) in [4.78, 5) is 243. The fourth-order valence-corrected chi connectivity index (χ4v) is 12.0. The number of aromatic amines is 2. The lowest BCUT2D eigenvalue weighted by Crippen LogP contribution is -2.61. The molecule has 1 aliphatic rings. The number of imidazole rings is 2. The number of nitrogens with zero attached hydrogens (tertiary/aromatic N) is 3. The lowest BCUT2D eigenvalue weighted by atomic mass is 10.0. The van der Waals surface area contributed by atoms with E-state index in [0.29, 0.717) is 23.4 Å². The van der Waals surface area contributed by atoms with Crippen molar-refractivity contribution in [2.45, 2.75) is 175 Å². The van der Waals surface area contributed by atoms with Crippen LogP contribution in [0.5, 0.6) is 0 Å². The van der Waals surface area contributed by atoms with Crippen LogP contribution >= 0.6 is 50.5 Å². The van der Waals surface area contributed by atoms with Crippen molar-refractivity contribution in [3.05, 3.63) is 72.3 Å². The number of likely N-dealkylation sites (tertiary alicyclic amines) is 1. The van der Waals surface area contributed by atoms with Crippen molar-refractivity contribution in [3.63, 3.8) is 0 Å². The second kappa shape index (κ2) is 48.9. The van der Waals surface area contributed by atoms with Crippen LogP contribution in [0.1, 0.15) is 88.6 Å². The zero-order chi connectivity index (χ0) is 84.0. The number of guanidine groups is 1. The van der Waals surface area contributed by atoms with Crippen molar-refractivity contribution < 1.29 is 91.7 Å². The molecule has 15 amide bonds. The van der Waals surface area contributed by atoms with Gasteiger partial charge in [-0.1, -0.05) is 30.3 Å². The predicted octanol–water partition coefficient (Wildman–Crippen LogP) is -9.00. The summed E-state index contributed by atoms with van der Waals surface area (Å²) < 4.78 is 0. The summed E-state index contributed by atoms with van der Waals surface area (Å²) in [6, 6.07) is -12.3. The number of benzene rings is 1. The molecule has 3 heterocycles. The van der Waals surface area contributed by atoms with Gasteiger partial charge in [-0.3, -0.25) is 82.1 Å². The zero-order valence-corrected chi connectivity index (χ0v) is 65.3. The van der Waals surface area contributed by atoms with Crippen LogP contribution in [0, 0.1) is 5.41 Å². The molecule has 3 aromatic rings. The summed E-state index contributed by atoms with van der Waals surface area (Å²) in [5.41, 5.74) is 23.3. The van der Waals surface area contributed by atoms with Gasteiger partial charge in [-0.2, -0.15) is 50.5 Å². The van der Waals surface area contributed by atoms with Gasteiger partial charge in [0.2, 0.25) is 88.6 Å². The third-order valence-corrected chi connectivity index (χ3v) is 18.6. The van der Waals surface area contributed by atoms with Crippen LogP contribution in [0.3, 0.4) is 0 Å². The van der Waals surface area contributed by atoms with Crippen molar-refractivity contribution in [2.75, 3.05) is 49.2 Å². The minimum atomic E-state index is -1.73. The number of carboxylic acids is 2. The zero-order valence-electron chi connectivity index (χ0n) is 61.7. The molecule has 1 saturated heterocycles. The maximum atomic E-state index is 14.6. The topological polar surface area (TPSA) is 688 Å². The lowest BCUT2D eigenvalue weighted by Gasteiger charge is -2.30. The molecule has 0 unspecified atom stereocenters. The van der Waals surface area contributed by atoms with E-state index >= 15 is 0 Å². The number of carbonyl (C=O) groups is 17. The average molecular weight is 1660 g/mol. The average Bonchev–Trinajstić information content (AvgIpc) is 1.80. The van der Waals surface area contributed by atoms with Gasteiger partial charge in [-0.15, -0.1) is 0 Å². The van der Waals surface area contributed by atoms with Crippen molar-refractivity contribution in [1.29, 1.82) is 5.41 Å². The molecule has 2 aromatic heterocycles. The lowest BCUT2D eigenvalue weighted by molar-refractivity contribution is -0.142. The first-order valence-electron chi connectivity index (χ1n) is 35.5. The molecule has 43 nitrogen and oxygen atoms in total. The first kappa shape index (κ1) is 94.6. The van der Waals surface area contributed by atoms with Gasteiger partial charge < -0.3 is 122 Å². The van der Waals surface area contributed by atoms with Crippen LogP contribution in [0.25, 0.3) is 0 Å². The van der Waals surface area contributed by atoms with E-state index in [2.05, 4.69) is 145 Å². The number of amides is 15. The normalized spacial score (nSPS) is 15.8. The van der Waals surface area contributed by atoms with E-state index in [1.165, 1.54) is 43.8 Å². The van der Waals surface area contributed by atoms with E-state index in [1.54, 1.807) is 30.3 Å². The SMILES string of the molecule is C[C@H](NC(=O)[C@H](CS)NC(=O)[C@H](C)NC(=O)[C@@H]1CCCN1C(=O)[C@H](Cc1cnc[nH]1)NC(=O)[C@H](CS)NC(=O)[C@H](CS)NC(=O)[C@H](CCCNC(=N)N)NC(=O)CNC(=O)[C@@H](N)CC(=O)O)C(=O)N[C@@H](CCCCN)C(=O)N[C@@H](Cc1cnc[nH]1)C(=O)N[C@@H](Cc1ccccc1)C(=O)N[C@@H](CC(N)=O)C(=O)N[C@@H](CS)C(=O)O. The number of unbranched alkanes of at least 4 members (excludes halogenated alkanes) is 1. The number of thiol groups is 4. The summed E-state index contributed by atoms with van der Waals surface area (Å²) >= 11 is 16.7. The Morgan fingerprint density at radius 2 is 0.965 bits per heavy atom. The number of rotatable bonds is 50. The number of carbonyl (C=O) groups excluding carboxylic acids is 15. The second-order valence-electron chi connectivity index (χ2n) is 26.0. The molecule has 622 valence electrons. The van der Waals surface area contributed by atoms with E-state index < -0.39 is 205 Å². The number of carboxylic acid groups (broad SMARTS) is 2. The molecule has 47 heteroatoms. The molecule has 113 heavy (non-hydrogen) atoms. The fourth-order valence-electron chi connectivity index (χ4n) is 11.0. The fraction of sp³-hybridized carbons (Fsp3) is 0.545. The number of primary amides is 1. The van der Waals surface area contributed by atoms with E-state index in [4.69, 9.17) is 33.5 Å². The van der Waals surface area contributed by atoms with Crippen LogP contribution in [0.4, 0.5) is 0 Å². The largest absolute Gasteiger partial charge is 0.481 e. The first-order valence-corrected chi connectivity index (χ1v) is 38.1. The van der Waals surface area contributed by atoms with Crippen molar-refractivity contribution in [1.82, 2.24) is 99.3 Å². The summed E-state index contributed by atoms with van der Waals surface area (Å²) in [7, 11) is 0. The molecule has 0 saturated carbocycles. The molecule has 14 atom stereocenters. The Morgan fingerprint density at radius 3 is 1.47 bits per heavy atom. The van der Waals surface area contributed by atoms with Gasteiger partial charge in [0, 0.05) is 79.1 Å². The Balaban J connectivity index is 1.44. The smallest absolute Gasteiger partial charge is 0.327 e. The number of hydrogen-bond acceptors (Lipinski definition) is 26. The van der Waals surface area contributed by atoms with E-state index in [-0.39, 0.29) is 106 Å². The van der Waals surface area contributed by atoms with Crippen molar-refractivity contribution in [2.24, 2.45) is 22.9 Å². The summed E-state index contributed by atoms with van der Waals surface area (Å²) in [5, 5.41) is 60.4. The first-order chi connectivity index (χ1) is 53.6. The molecule has 0 bridgehead atoms. The molecule has 0 aliphatic carbocycles. The van der Waals surface area contributed by atoms with Gasteiger partial charge >= 0.3 is 11.9 Å². The van der Waals surface area contributed by atoms with Crippen molar-refractivity contribution >= 4 is 157 Å². The van der Waals surface area contributed by atoms with Gasteiger partial charge in [0.05, 0.1) is 38.1 Å². The molecular formula is C66H100N24O19S4. The minimum Gasteiger partial charge on any atom is -0.481 e. The van der Waals surface area contributed by atoms with Crippen LogP contribution < -0.4 is 97.4 Å². The standard InChI is InChI=1S/C66H100N24O19S4/c1-32(52(95)81-39(12-6-7-15-67)56(99)83-41(19-35-23-72-30-76-35)58(101)82-40(18-34-10-4-3-5-11-34)57(100)84-42(22-49(69)91)59(102)89-47(29-113)65(108)109)78-60(103)44(26-110)86-53(96)33(2)79-63(106)48-14-9-17-90(48)64(107)43(20-36-24-73-31-77-36)85-61(104)45(27-111)88-62(105)46(28-112)87-55(98)38(13-8-16-74-66(70)71)80-50(92)25-75-54(97)37(68)21-51(93)94/h3-5,10-11,23-24,30-33,37-48,110-113H,6-9,12-22,25-29,67-68H2,1-2H3,(H2,69,91)(H,72,76)(H,73,77)(H,75,97)(H,78,103)(H,79,106)(H,80,92)(H,81,95)(H,82,101)(H,83,99)(H,84,100)(H,85,104)(H,86,96)(H,87,98)(H,88,105)(H,89,102)(H,93,94)(H,108,109)(H4,70,71,74)/t32-,33-,37-,38-,39-,40-,41-,42-,43-,44-,45-,46-,47-,48-/m0/s1. The Bertz CT molecular complexity index is 3780. The van der Waals surface area contributed by atoms with E-state index in [0.717, 1.165) is 0 Å². The molecule has 1 aromatic carbocycles. The highest BCUT2D eigenvalue weighted by Crippen LogP contribution is 2.21. The monoisotopic (exact) mass is 1660 g/mol. The quantitative estimate of drug-likeness (QED) is 0.0108. The third kappa shape index (κ3) is 32.8. The second-order valence-corrected chi connectivity index (χ2v) is 27.5. The number of aliphatic carboxylic acids is 2. The van der Waals surface area contributed by atoms with Gasteiger partial charge in [0.1, 0.15) is 78.5 Å². The molecule has 27 N–H and O–H groups in total. The number of nitrogens with one attached hydrogen (secondary N) is 17. The summed E-state index contributed by atoms with van der Waals surface area (Å²) in [6.45, 7) is 2.08. The van der Waals surface area contributed by atoms with Crippen LogP contribution in [-0.2, 0) is 101 Å². The van der Waals surface area contributed by atoms with Crippen LogP contribution in [-0.4, -0.2) is 275 Å². The molecule has 0 radical (unpaired) electrons. The van der Waals surface area contributed by atoms with Gasteiger partial charge in [0.25, 0.3) is 0 Å². The highest BCUT2D eigenvalue weighted by molar-refractivity contribution is 7.80. The molecule has 1 fully saturated rings. The molecular weight excluding hydrogens is 1560 g/mol. The number of H-pyrrole nitrogens is 2. The van der Waals surface area contributed by atoms with Crippen LogP contribution in [0.15, 0.2) is 55.4 Å². The maximum absolute atomic E-state index is 14.6. The Kier molecular flexibility index (Phi) is 40.9. The Morgan fingerprint density at radius 1 is 0.522 bits per heavy atom. The maximum Gasteiger partial charge on any atom is 0.327 e. The van der Waals surface area contributed by atoms with Gasteiger partial charge in [0.15, 0.2) is 5.96 Å². The van der Waals surface area contributed by atoms with E-state index in [9.17, 15) is 86.6 Å². The van der Waals surface area contributed by atoms with Crippen LogP contribution in [0.2, 0.25) is 0 Å². The summed E-state index contributed by atoms with van der Waals surface area (Å²) in [6.07, 6.45) is 4.05. The Labute approximate surface area is 670 Å². The Hall–Kier alpha value is -10.8. The summed E-state index contributed by atoms with van der Waals surface area (Å²) in [5.74, 6) is -18.8. The number of nitrogens with two attached hydrogens (primary N) is 4. The molecule has 1 aliphatic heterocycles. The highest BCUT2D eigenvalue weighted by atomic mass is 32.1. The highest BCUT2D eigenvalue weighted by Gasteiger charge is 2.41. The van der Waals surface area contributed by atoms with E-state index in [1.807, 2.05) is 0 Å². The molecule has 0 spiro atoms. The number of aromatic nitrogens is 4. The van der Waals surface area contributed by atoms with Gasteiger partial charge in [-0.05, 0) is 70.9 Å². The van der Waals surface area contributed by atoms with Crippen molar-refractivity contribution in [3.8, 4) is 0 Å². The predicted molar refractivity (Wildman–Crippen MR) is 416 cm³/mol. The molecule has 4 rings (SSSR count).